The summed E-state index contributed by atoms with van der Waals surface area (Å²) in [5.74, 6) is 0. The van der Waals surface area contributed by atoms with Gasteiger partial charge in [0.15, 0.2) is 0 Å². The molecule has 0 spiro atoms. The molecule has 5 nitrogen and oxygen atoms in total. The van der Waals surface area contributed by atoms with Crippen LogP contribution in [0.25, 0.3) is 10.6 Å². The molecule has 0 amide bonds. The van der Waals surface area contributed by atoms with E-state index in [1.54, 1.807) is 28.2 Å². The van der Waals surface area contributed by atoms with Crippen LogP contribution in [0, 0.1) is 11.3 Å². The quantitative estimate of drug-likeness (QED) is 0.923. The first kappa shape index (κ1) is 14.9. The fraction of sp³-hybridized carbons (Fsp3) is 0.438. The Morgan fingerprint density at radius 1 is 1.36 bits per heavy atom. The van der Waals surface area contributed by atoms with Crippen LogP contribution < -0.4 is 4.80 Å². The Kier molecular flexibility index (Phi) is 4.36. The van der Waals surface area contributed by atoms with Crippen molar-refractivity contribution in [1.82, 2.24) is 9.78 Å². The molecule has 0 radical (unpaired) electrons. The molecule has 1 saturated carbocycles. The van der Waals surface area contributed by atoms with E-state index < -0.39 is 0 Å². The number of nitriles is 1. The van der Waals surface area contributed by atoms with Crippen molar-refractivity contribution in [2.45, 2.75) is 37.8 Å². The zero-order valence-corrected chi connectivity index (χ0v) is 13.3. The lowest BCUT2D eigenvalue weighted by molar-refractivity contribution is 0.120. The molecule has 2 aromatic rings. The molecule has 1 aromatic heterocycles. The first-order valence-corrected chi connectivity index (χ1v) is 8.24. The van der Waals surface area contributed by atoms with E-state index in [9.17, 15) is 5.11 Å². The summed E-state index contributed by atoms with van der Waals surface area (Å²) >= 11 is 1.54. The molecule has 1 aromatic carbocycles. The van der Waals surface area contributed by atoms with Crippen LogP contribution in [0.5, 0.6) is 0 Å². The average Bonchev–Trinajstić information content (AvgIpc) is 2.88. The maximum atomic E-state index is 9.75. The lowest BCUT2D eigenvalue weighted by Gasteiger charge is -2.22. The first-order chi connectivity index (χ1) is 10.7. The zero-order chi connectivity index (χ0) is 15.5. The second kappa shape index (κ2) is 6.42. The van der Waals surface area contributed by atoms with Crippen LogP contribution in [-0.2, 0) is 7.05 Å². The van der Waals surface area contributed by atoms with Gasteiger partial charge in [-0.3, -0.25) is 4.99 Å². The lowest BCUT2D eigenvalue weighted by Crippen LogP contribution is -2.25. The van der Waals surface area contributed by atoms with E-state index in [1.807, 2.05) is 19.2 Å². The van der Waals surface area contributed by atoms with E-state index in [4.69, 9.17) is 10.3 Å². The second-order valence-electron chi connectivity index (χ2n) is 5.61. The zero-order valence-electron chi connectivity index (χ0n) is 12.4. The summed E-state index contributed by atoms with van der Waals surface area (Å²) in [5, 5.41) is 24.0. The molecule has 6 heteroatoms. The van der Waals surface area contributed by atoms with Crippen LogP contribution in [0.4, 0.5) is 0 Å². The Balaban J connectivity index is 1.88. The Bertz CT molecular complexity index is 754. The van der Waals surface area contributed by atoms with Gasteiger partial charge in [-0.25, -0.2) is 4.68 Å². The number of hydrogen-bond donors (Lipinski definition) is 1. The molecule has 0 unspecified atom stereocenters. The maximum Gasteiger partial charge on any atom is 0.203 e. The molecule has 0 bridgehead atoms. The summed E-state index contributed by atoms with van der Waals surface area (Å²) in [4.78, 5) is 5.63. The molecule has 3 rings (SSSR count). The predicted molar refractivity (Wildman–Crippen MR) is 85.1 cm³/mol. The topological polar surface area (TPSA) is 74.2 Å². The van der Waals surface area contributed by atoms with E-state index in [-0.39, 0.29) is 12.1 Å². The number of aliphatic hydroxyl groups excluding tert-OH is 1. The van der Waals surface area contributed by atoms with Crippen molar-refractivity contribution in [3.05, 3.63) is 34.6 Å². The van der Waals surface area contributed by atoms with Crippen molar-refractivity contribution >= 4 is 11.3 Å². The number of nitrogens with zero attached hydrogens (tertiary/aromatic N) is 4. The monoisotopic (exact) mass is 314 g/mol. The number of rotatable bonds is 2. The summed E-state index contributed by atoms with van der Waals surface area (Å²) in [5.41, 5.74) is 1.63. The summed E-state index contributed by atoms with van der Waals surface area (Å²) in [6.07, 6.45) is 3.46. The van der Waals surface area contributed by atoms with E-state index in [0.717, 1.165) is 41.1 Å². The molecule has 1 N–H and O–H groups in total. The van der Waals surface area contributed by atoms with Gasteiger partial charge in [0.25, 0.3) is 0 Å². The molecule has 1 fully saturated rings. The predicted octanol–water partition coefficient (Wildman–Crippen LogP) is 2.22. The van der Waals surface area contributed by atoms with Crippen LogP contribution in [0.15, 0.2) is 29.3 Å². The van der Waals surface area contributed by atoms with Gasteiger partial charge in [0.2, 0.25) is 4.80 Å². The van der Waals surface area contributed by atoms with Crippen molar-refractivity contribution in [2.24, 2.45) is 12.0 Å². The van der Waals surface area contributed by atoms with Crippen molar-refractivity contribution in [3.63, 3.8) is 0 Å². The van der Waals surface area contributed by atoms with Gasteiger partial charge < -0.3 is 5.11 Å². The average molecular weight is 314 g/mol. The minimum absolute atomic E-state index is 0.184. The normalized spacial score (nSPS) is 22.5. The van der Waals surface area contributed by atoms with Gasteiger partial charge in [-0.1, -0.05) is 23.5 Å². The summed E-state index contributed by atoms with van der Waals surface area (Å²) in [6, 6.07) is 9.71. The molecular weight excluding hydrogens is 296 g/mol. The Morgan fingerprint density at radius 2 is 2.14 bits per heavy atom. The highest BCUT2D eigenvalue weighted by Gasteiger charge is 2.19. The van der Waals surface area contributed by atoms with Gasteiger partial charge in [0.05, 0.1) is 23.8 Å². The molecule has 22 heavy (non-hydrogen) atoms. The number of aliphatic hydroxyl groups is 1. The molecular formula is C16H18N4OS. The van der Waals surface area contributed by atoms with Gasteiger partial charge in [0, 0.05) is 12.6 Å². The minimum atomic E-state index is -0.223. The third kappa shape index (κ3) is 3.26. The van der Waals surface area contributed by atoms with Gasteiger partial charge in [-0.15, -0.1) is 0 Å². The van der Waals surface area contributed by atoms with Crippen LogP contribution in [0.3, 0.4) is 0 Å². The van der Waals surface area contributed by atoms with Gasteiger partial charge in [-0.2, -0.15) is 10.4 Å². The maximum absolute atomic E-state index is 9.75. The standard InChI is InChI=1S/C16H18N4OS/c1-20-16(18-13-3-2-4-14(21)9-13)22-15(19-20)12-7-5-11(10-17)6-8-12/h5-8,13-14,21H,2-4,9H2,1H3/t13-,14+/m1/s1. The molecule has 2 atom stereocenters. The van der Waals surface area contributed by atoms with Crippen molar-refractivity contribution < 1.29 is 5.11 Å². The number of hydrogen-bond acceptors (Lipinski definition) is 5. The van der Waals surface area contributed by atoms with Gasteiger partial charge >= 0.3 is 0 Å². The van der Waals surface area contributed by atoms with E-state index in [1.165, 1.54) is 0 Å². The van der Waals surface area contributed by atoms with E-state index >= 15 is 0 Å². The first-order valence-electron chi connectivity index (χ1n) is 7.42. The number of benzene rings is 1. The van der Waals surface area contributed by atoms with Crippen LogP contribution in [-0.4, -0.2) is 27.0 Å². The Morgan fingerprint density at radius 3 is 2.82 bits per heavy atom. The third-order valence-electron chi connectivity index (χ3n) is 3.88. The van der Waals surface area contributed by atoms with Gasteiger partial charge in [0.1, 0.15) is 5.01 Å². The second-order valence-corrected chi connectivity index (χ2v) is 6.56. The van der Waals surface area contributed by atoms with E-state index in [0.29, 0.717) is 5.56 Å². The fourth-order valence-corrected chi connectivity index (χ4v) is 3.64. The number of aryl methyl sites for hydroxylation is 1. The molecule has 0 saturated heterocycles. The largest absolute Gasteiger partial charge is 0.393 e. The molecule has 1 aliphatic carbocycles. The SMILES string of the molecule is Cn1nc(-c2ccc(C#N)cc2)sc1=N[C@@H]1CCC[C@H](O)C1. The highest BCUT2D eigenvalue weighted by Crippen LogP contribution is 2.22. The molecule has 1 heterocycles. The van der Waals surface area contributed by atoms with Crippen molar-refractivity contribution in [3.8, 4) is 16.6 Å². The molecule has 1 aliphatic rings. The van der Waals surface area contributed by atoms with Crippen LogP contribution >= 0.6 is 11.3 Å². The highest BCUT2D eigenvalue weighted by atomic mass is 32.1. The fourth-order valence-electron chi connectivity index (χ4n) is 2.68. The van der Waals surface area contributed by atoms with Crippen LogP contribution in [0.1, 0.15) is 31.2 Å². The highest BCUT2D eigenvalue weighted by molar-refractivity contribution is 7.12. The molecule has 114 valence electrons. The Hall–Kier alpha value is -1.97. The number of aromatic nitrogens is 2. The van der Waals surface area contributed by atoms with Crippen molar-refractivity contribution in [2.75, 3.05) is 0 Å². The smallest absolute Gasteiger partial charge is 0.203 e. The molecule has 0 aliphatic heterocycles. The van der Waals surface area contributed by atoms with Crippen LogP contribution in [0.2, 0.25) is 0 Å². The third-order valence-corrected chi connectivity index (χ3v) is 4.94. The van der Waals surface area contributed by atoms with Gasteiger partial charge in [-0.05, 0) is 37.8 Å². The summed E-state index contributed by atoms with van der Waals surface area (Å²) in [7, 11) is 1.89. The lowest BCUT2D eigenvalue weighted by atomic mass is 9.94. The van der Waals surface area contributed by atoms with E-state index in [2.05, 4.69) is 11.2 Å². The Labute approximate surface area is 133 Å². The summed E-state index contributed by atoms with van der Waals surface area (Å²) in [6.45, 7) is 0. The van der Waals surface area contributed by atoms with Crippen molar-refractivity contribution in [1.29, 1.82) is 5.26 Å². The summed E-state index contributed by atoms with van der Waals surface area (Å²) < 4.78 is 1.79. The minimum Gasteiger partial charge on any atom is -0.393 e.